The van der Waals surface area contributed by atoms with Gasteiger partial charge in [-0.2, -0.15) is 10.4 Å². The number of fused-ring (bicyclic) bond motifs is 2. The lowest BCUT2D eigenvalue weighted by molar-refractivity contribution is -0.115. The van der Waals surface area contributed by atoms with Gasteiger partial charge in [-0.1, -0.05) is 6.07 Å². The normalized spacial score (nSPS) is 13.0. The number of nitrogens with one attached hydrogen (secondary N) is 2. The molecule has 0 fully saturated rings. The summed E-state index contributed by atoms with van der Waals surface area (Å²) in [6.45, 7) is 1.23. The lowest BCUT2D eigenvalue weighted by Gasteiger charge is -2.09. The average Bonchev–Trinajstić information content (AvgIpc) is 2.89. The Morgan fingerprint density at radius 2 is 2.04 bits per heavy atom. The average molecular weight is 348 g/mol. The topological polar surface area (TPSA) is 100 Å². The fourth-order valence-corrected chi connectivity index (χ4v) is 2.86. The second-order valence-electron chi connectivity index (χ2n) is 6.00. The summed E-state index contributed by atoms with van der Waals surface area (Å²) in [6.07, 6.45) is 1.02. The summed E-state index contributed by atoms with van der Waals surface area (Å²) in [4.78, 5) is 12.4. The van der Waals surface area contributed by atoms with Crippen molar-refractivity contribution in [2.75, 3.05) is 18.5 Å². The van der Waals surface area contributed by atoms with Crippen molar-refractivity contribution in [2.45, 2.75) is 12.8 Å². The van der Waals surface area contributed by atoms with Crippen LogP contribution in [0.5, 0.6) is 11.5 Å². The molecule has 0 bridgehead atoms. The molecule has 7 heteroatoms. The lowest BCUT2D eigenvalue weighted by Crippen LogP contribution is -2.15. The number of anilines is 1. The van der Waals surface area contributed by atoms with Crippen LogP contribution in [-0.2, 0) is 11.2 Å². The van der Waals surface area contributed by atoms with Gasteiger partial charge in [0.05, 0.1) is 36.8 Å². The molecule has 1 amide bonds. The first-order valence-electron chi connectivity index (χ1n) is 8.29. The maximum atomic E-state index is 12.4. The van der Waals surface area contributed by atoms with Crippen LogP contribution < -0.4 is 14.8 Å². The number of nitriles is 1. The summed E-state index contributed by atoms with van der Waals surface area (Å²) < 4.78 is 11.3. The highest BCUT2D eigenvalue weighted by Crippen LogP contribution is 2.30. The van der Waals surface area contributed by atoms with Crippen LogP contribution in [0.25, 0.3) is 10.9 Å². The highest BCUT2D eigenvalue weighted by atomic mass is 16.5. The van der Waals surface area contributed by atoms with Gasteiger partial charge in [0.1, 0.15) is 0 Å². The minimum atomic E-state index is -0.199. The van der Waals surface area contributed by atoms with Gasteiger partial charge in [-0.3, -0.25) is 9.89 Å². The number of carbonyl (C=O) groups is 1. The van der Waals surface area contributed by atoms with Crippen molar-refractivity contribution in [3.63, 3.8) is 0 Å². The largest absolute Gasteiger partial charge is 0.490 e. The predicted molar refractivity (Wildman–Crippen MR) is 95.2 cm³/mol. The zero-order valence-electron chi connectivity index (χ0n) is 13.9. The number of nitrogens with zero attached hydrogens (tertiary/aromatic N) is 2. The van der Waals surface area contributed by atoms with Gasteiger partial charge in [0.15, 0.2) is 17.3 Å². The Bertz CT molecular complexity index is 1020. The first kappa shape index (κ1) is 16.0. The summed E-state index contributed by atoms with van der Waals surface area (Å²) in [6, 6.07) is 12.7. The molecule has 0 saturated heterocycles. The maximum absolute atomic E-state index is 12.4. The lowest BCUT2D eigenvalue weighted by atomic mass is 10.1. The van der Waals surface area contributed by atoms with Crippen molar-refractivity contribution in [3.8, 4) is 17.6 Å². The monoisotopic (exact) mass is 348 g/mol. The molecule has 0 unspecified atom stereocenters. The summed E-state index contributed by atoms with van der Waals surface area (Å²) in [5.41, 5.74) is 2.09. The van der Waals surface area contributed by atoms with Crippen LogP contribution >= 0.6 is 0 Å². The van der Waals surface area contributed by atoms with Gasteiger partial charge in [-0.25, -0.2) is 0 Å². The quantitative estimate of drug-likeness (QED) is 0.758. The van der Waals surface area contributed by atoms with Gasteiger partial charge in [-0.05, 0) is 35.9 Å². The van der Waals surface area contributed by atoms with E-state index in [1.54, 1.807) is 18.2 Å². The van der Waals surface area contributed by atoms with Crippen molar-refractivity contribution in [1.29, 1.82) is 5.26 Å². The van der Waals surface area contributed by atoms with Gasteiger partial charge in [0.25, 0.3) is 0 Å². The molecule has 1 aliphatic rings. The zero-order valence-corrected chi connectivity index (χ0v) is 13.9. The van der Waals surface area contributed by atoms with Crippen molar-refractivity contribution in [3.05, 3.63) is 47.5 Å². The van der Waals surface area contributed by atoms with Crippen molar-refractivity contribution >= 4 is 22.6 Å². The van der Waals surface area contributed by atoms with E-state index in [0.29, 0.717) is 41.5 Å². The number of carbonyl (C=O) groups excluding carboxylic acids is 1. The van der Waals surface area contributed by atoms with Gasteiger partial charge in [0, 0.05) is 11.8 Å². The molecule has 0 spiro atoms. The van der Waals surface area contributed by atoms with E-state index < -0.39 is 0 Å². The minimum Gasteiger partial charge on any atom is -0.490 e. The highest BCUT2D eigenvalue weighted by Gasteiger charge is 2.14. The SMILES string of the molecule is N#Cc1ccc2[nH]nc(NC(=O)Cc3ccc4c(c3)OCCCO4)c2c1. The standard InChI is InChI=1S/C19H16N4O3/c20-11-13-2-4-15-14(8-13)19(23-22-15)21-18(24)10-12-3-5-16-17(9-12)26-7-1-6-25-16/h2-5,8-9H,1,6-7,10H2,(H2,21,22,23,24). The Morgan fingerprint density at radius 1 is 1.19 bits per heavy atom. The molecule has 130 valence electrons. The molecule has 2 heterocycles. The fraction of sp³-hybridized carbons (Fsp3) is 0.211. The number of amides is 1. The van der Waals surface area contributed by atoms with E-state index in [1.165, 1.54) is 0 Å². The summed E-state index contributed by atoms with van der Waals surface area (Å²) in [5.74, 6) is 1.58. The van der Waals surface area contributed by atoms with Gasteiger partial charge in [0.2, 0.25) is 5.91 Å². The molecule has 2 N–H and O–H groups in total. The molecule has 2 aromatic carbocycles. The molecule has 0 radical (unpaired) electrons. The van der Waals surface area contributed by atoms with Gasteiger partial charge < -0.3 is 14.8 Å². The van der Waals surface area contributed by atoms with Crippen LogP contribution in [0.3, 0.4) is 0 Å². The van der Waals surface area contributed by atoms with E-state index in [-0.39, 0.29) is 12.3 Å². The number of aromatic amines is 1. The number of aromatic nitrogens is 2. The molecule has 1 aliphatic heterocycles. The molecule has 0 aliphatic carbocycles. The molecular weight excluding hydrogens is 332 g/mol. The highest BCUT2D eigenvalue weighted by molar-refractivity contribution is 6.00. The summed E-state index contributed by atoms with van der Waals surface area (Å²) in [5, 5.41) is 19.5. The van der Waals surface area contributed by atoms with E-state index >= 15 is 0 Å². The van der Waals surface area contributed by atoms with Crippen molar-refractivity contribution in [2.24, 2.45) is 0 Å². The van der Waals surface area contributed by atoms with Crippen molar-refractivity contribution in [1.82, 2.24) is 10.2 Å². The molecule has 3 aromatic rings. The summed E-state index contributed by atoms with van der Waals surface area (Å²) >= 11 is 0. The number of H-pyrrole nitrogens is 1. The number of rotatable bonds is 3. The van der Waals surface area contributed by atoms with E-state index in [4.69, 9.17) is 14.7 Å². The maximum Gasteiger partial charge on any atom is 0.230 e. The Hall–Kier alpha value is -3.53. The third-order valence-corrected chi connectivity index (χ3v) is 4.13. The Balaban J connectivity index is 1.51. The smallest absolute Gasteiger partial charge is 0.230 e. The third kappa shape index (κ3) is 3.17. The molecule has 26 heavy (non-hydrogen) atoms. The molecule has 0 saturated carbocycles. The van der Waals surface area contributed by atoms with Crippen LogP contribution in [-0.4, -0.2) is 29.3 Å². The van der Waals surface area contributed by atoms with Crippen LogP contribution in [0.4, 0.5) is 5.82 Å². The predicted octanol–water partition coefficient (Wildman–Crippen LogP) is 2.78. The first-order chi connectivity index (χ1) is 12.7. The second-order valence-corrected chi connectivity index (χ2v) is 6.00. The fourth-order valence-electron chi connectivity index (χ4n) is 2.86. The number of ether oxygens (including phenoxy) is 2. The number of hydrogen-bond donors (Lipinski definition) is 2. The van der Waals surface area contributed by atoms with E-state index in [0.717, 1.165) is 17.5 Å². The van der Waals surface area contributed by atoms with Crippen LogP contribution in [0.1, 0.15) is 17.5 Å². The third-order valence-electron chi connectivity index (χ3n) is 4.13. The Labute approximate surface area is 149 Å². The molecule has 4 rings (SSSR count). The minimum absolute atomic E-state index is 0.183. The molecular formula is C19H16N4O3. The first-order valence-corrected chi connectivity index (χ1v) is 8.29. The van der Waals surface area contributed by atoms with Gasteiger partial charge in [-0.15, -0.1) is 0 Å². The second kappa shape index (κ2) is 6.76. The van der Waals surface area contributed by atoms with Crippen LogP contribution in [0.15, 0.2) is 36.4 Å². The molecule has 0 atom stereocenters. The zero-order chi connectivity index (χ0) is 17.9. The molecule has 1 aromatic heterocycles. The van der Waals surface area contributed by atoms with Crippen LogP contribution in [0.2, 0.25) is 0 Å². The van der Waals surface area contributed by atoms with E-state index in [9.17, 15) is 4.79 Å². The number of benzene rings is 2. The van der Waals surface area contributed by atoms with Gasteiger partial charge >= 0.3 is 0 Å². The van der Waals surface area contributed by atoms with Crippen molar-refractivity contribution < 1.29 is 14.3 Å². The Kier molecular flexibility index (Phi) is 4.15. The summed E-state index contributed by atoms with van der Waals surface area (Å²) in [7, 11) is 0. The van der Waals surface area contributed by atoms with Crippen LogP contribution in [0, 0.1) is 11.3 Å². The van der Waals surface area contributed by atoms with E-state index in [1.807, 2.05) is 18.2 Å². The molecule has 7 nitrogen and oxygen atoms in total. The Morgan fingerprint density at radius 3 is 2.88 bits per heavy atom. The number of hydrogen-bond acceptors (Lipinski definition) is 5. The van der Waals surface area contributed by atoms with E-state index in [2.05, 4.69) is 21.6 Å².